The summed E-state index contributed by atoms with van der Waals surface area (Å²) >= 11 is 3.18. The van der Waals surface area contributed by atoms with Crippen LogP contribution in [0.5, 0.6) is 5.75 Å². The van der Waals surface area contributed by atoms with Crippen LogP contribution in [0, 0.1) is 0 Å². The molecule has 0 radical (unpaired) electrons. The number of hydrogen-bond acceptors (Lipinski definition) is 4. The maximum absolute atomic E-state index is 11.4. The number of rotatable bonds is 5. The molecule has 0 aliphatic heterocycles. The van der Waals surface area contributed by atoms with Crippen molar-refractivity contribution in [3.05, 3.63) is 28.2 Å². The number of imide groups is 1. The maximum Gasteiger partial charge on any atom is 0.335 e. The number of halogens is 1. The number of urea groups is 1. The van der Waals surface area contributed by atoms with Crippen molar-refractivity contribution in [2.24, 2.45) is 0 Å². The molecule has 0 unspecified atom stereocenters. The molecule has 1 aromatic carbocycles. The van der Waals surface area contributed by atoms with Crippen LogP contribution in [0.3, 0.4) is 0 Å². The van der Waals surface area contributed by atoms with Gasteiger partial charge >= 0.3 is 12.0 Å². The Balaban J connectivity index is 2.61. The van der Waals surface area contributed by atoms with Gasteiger partial charge in [0, 0.05) is 6.54 Å². The van der Waals surface area contributed by atoms with Crippen molar-refractivity contribution < 1.29 is 24.2 Å². The molecule has 0 saturated carbocycles. The highest BCUT2D eigenvalue weighted by Gasteiger charge is 2.11. The second kappa shape index (κ2) is 7.49. The van der Waals surface area contributed by atoms with Gasteiger partial charge in [-0.3, -0.25) is 10.1 Å². The number of aromatic carboxylic acids is 1. The monoisotopic (exact) mass is 344 g/mol. The first kappa shape index (κ1) is 16.0. The number of carbonyl (C=O) groups excluding carboxylic acids is 2. The lowest BCUT2D eigenvalue weighted by Crippen LogP contribution is -2.41. The zero-order chi connectivity index (χ0) is 15.1. The molecule has 0 aliphatic rings. The topological polar surface area (TPSA) is 105 Å². The summed E-state index contributed by atoms with van der Waals surface area (Å²) in [7, 11) is 0. The van der Waals surface area contributed by atoms with Crippen molar-refractivity contribution in [1.29, 1.82) is 0 Å². The Hall–Kier alpha value is -2.09. The normalized spacial score (nSPS) is 9.70. The van der Waals surface area contributed by atoms with Gasteiger partial charge in [0.1, 0.15) is 5.75 Å². The first-order valence-electron chi connectivity index (χ1n) is 5.67. The second-order valence-corrected chi connectivity index (χ2v) is 4.50. The molecule has 0 fully saturated rings. The standard InChI is InChI=1S/C12H13BrN2O5/c1-2-14-12(19)15-10(16)6-20-9-5-7(11(17)18)3-4-8(9)13/h3-5H,2,6H2,1H3,(H,17,18)(H2,14,15,16,19). The lowest BCUT2D eigenvalue weighted by atomic mass is 10.2. The number of benzene rings is 1. The molecule has 0 aromatic heterocycles. The van der Waals surface area contributed by atoms with E-state index in [1.807, 2.05) is 0 Å². The minimum absolute atomic E-state index is 0.0346. The van der Waals surface area contributed by atoms with E-state index in [4.69, 9.17) is 9.84 Å². The Morgan fingerprint density at radius 2 is 2.05 bits per heavy atom. The average molecular weight is 345 g/mol. The zero-order valence-corrected chi connectivity index (χ0v) is 12.2. The SMILES string of the molecule is CCNC(=O)NC(=O)COc1cc(C(=O)O)ccc1Br. The number of carbonyl (C=O) groups is 3. The molecule has 0 atom stereocenters. The van der Waals surface area contributed by atoms with Crippen LogP contribution in [0.1, 0.15) is 17.3 Å². The quantitative estimate of drug-likeness (QED) is 0.748. The number of carboxylic acids is 1. The van der Waals surface area contributed by atoms with Crippen LogP contribution in [0.2, 0.25) is 0 Å². The van der Waals surface area contributed by atoms with Crippen molar-refractivity contribution in [3.63, 3.8) is 0 Å². The molecule has 20 heavy (non-hydrogen) atoms. The van der Waals surface area contributed by atoms with Crippen LogP contribution < -0.4 is 15.4 Å². The fourth-order valence-corrected chi connectivity index (χ4v) is 1.62. The molecule has 0 aliphatic carbocycles. The molecule has 8 heteroatoms. The molecule has 0 saturated heterocycles. The number of ether oxygens (including phenoxy) is 1. The molecule has 0 spiro atoms. The van der Waals surface area contributed by atoms with Gasteiger partial charge in [0.2, 0.25) is 0 Å². The van der Waals surface area contributed by atoms with E-state index in [1.54, 1.807) is 6.92 Å². The third kappa shape index (κ3) is 4.88. The summed E-state index contributed by atoms with van der Waals surface area (Å²) < 4.78 is 5.67. The fraction of sp³-hybridized carbons (Fsp3) is 0.250. The van der Waals surface area contributed by atoms with Crippen LogP contribution >= 0.6 is 15.9 Å². The van der Waals surface area contributed by atoms with Crippen LogP contribution in [0.4, 0.5) is 4.79 Å². The number of nitrogens with one attached hydrogen (secondary N) is 2. The molecule has 0 bridgehead atoms. The van der Waals surface area contributed by atoms with E-state index in [9.17, 15) is 14.4 Å². The maximum atomic E-state index is 11.4. The van der Waals surface area contributed by atoms with Crippen LogP contribution in [-0.2, 0) is 4.79 Å². The predicted octanol–water partition coefficient (Wildman–Crippen LogP) is 1.37. The van der Waals surface area contributed by atoms with Crippen molar-refractivity contribution in [1.82, 2.24) is 10.6 Å². The minimum atomic E-state index is -1.10. The van der Waals surface area contributed by atoms with E-state index in [1.165, 1.54) is 18.2 Å². The van der Waals surface area contributed by atoms with Crippen LogP contribution in [0.25, 0.3) is 0 Å². The Morgan fingerprint density at radius 1 is 1.35 bits per heavy atom. The summed E-state index contributed by atoms with van der Waals surface area (Å²) in [4.78, 5) is 33.3. The molecule has 3 N–H and O–H groups in total. The van der Waals surface area contributed by atoms with E-state index < -0.39 is 24.5 Å². The van der Waals surface area contributed by atoms with Crippen molar-refractivity contribution in [2.45, 2.75) is 6.92 Å². The van der Waals surface area contributed by atoms with Gasteiger partial charge in [-0.2, -0.15) is 0 Å². The smallest absolute Gasteiger partial charge is 0.335 e. The van der Waals surface area contributed by atoms with Crippen molar-refractivity contribution in [2.75, 3.05) is 13.2 Å². The number of hydrogen-bond donors (Lipinski definition) is 3. The lowest BCUT2D eigenvalue weighted by molar-refractivity contribution is -0.122. The van der Waals surface area contributed by atoms with E-state index in [0.717, 1.165) is 0 Å². The summed E-state index contributed by atoms with van der Waals surface area (Å²) in [5, 5.41) is 13.3. The van der Waals surface area contributed by atoms with Gasteiger partial charge in [0.25, 0.3) is 5.91 Å². The Kier molecular flexibility index (Phi) is 5.98. The Bertz CT molecular complexity index is 533. The van der Waals surface area contributed by atoms with E-state index in [-0.39, 0.29) is 11.3 Å². The molecular formula is C12H13BrN2O5. The average Bonchev–Trinajstić information content (AvgIpc) is 2.37. The third-order valence-electron chi connectivity index (χ3n) is 2.13. The van der Waals surface area contributed by atoms with Gasteiger partial charge in [-0.15, -0.1) is 0 Å². The van der Waals surface area contributed by atoms with Crippen LogP contribution in [-0.4, -0.2) is 36.2 Å². The molecule has 7 nitrogen and oxygen atoms in total. The third-order valence-corrected chi connectivity index (χ3v) is 2.78. The fourth-order valence-electron chi connectivity index (χ4n) is 1.26. The van der Waals surface area contributed by atoms with Gasteiger partial charge in [-0.25, -0.2) is 9.59 Å². The van der Waals surface area contributed by atoms with E-state index >= 15 is 0 Å². The number of carboxylic acid groups (broad SMARTS) is 1. The summed E-state index contributed by atoms with van der Waals surface area (Å²) in [6.45, 7) is 1.71. The Labute approximate surface area is 123 Å². The number of amides is 3. The molecule has 108 valence electrons. The summed E-state index contributed by atoms with van der Waals surface area (Å²) in [6.07, 6.45) is 0. The predicted molar refractivity (Wildman–Crippen MR) is 73.8 cm³/mol. The first-order valence-corrected chi connectivity index (χ1v) is 6.46. The minimum Gasteiger partial charge on any atom is -0.483 e. The van der Waals surface area contributed by atoms with Crippen molar-refractivity contribution in [3.8, 4) is 5.75 Å². The zero-order valence-electron chi connectivity index (χ0n) is 10.6. The lowest BCUT2D eigenvalue weighted by Gasteiger charge is -2.09. The highest BCUT2D eigenvalue weighted by molar-refractivity contribution is 9.10. The molecule has 1 aromatic rings. The van der Waals surface area contributed by atoms with Gasteiger partial charge in [0.05, 0.1) is 10.0 Å². The molecule has 3 amide bonds. The Morgan fingerprint density at radius 3 is 2.65 bits per heavy atom. The molecule has 0 heterocycles. The highest BCUT2D eigenvalue weighted by atomic mass is 79.9. The van der Waals surface area contributed by atoms with E-state index in [2.05, 4.69) is 26.6 Å². The summed E-state index contributed by atoms with van der Waals surface area (Å²) in [5.41, 5.74) is 0.0346. The second-order valence-electron chi connectivity index (χ2n) is 3.65. The highest BCUT2D eigenvalue weighted by Crippen LogP contribution is 2.26. The molecular weight excluding hydrogens is 332 g/mol. The molecule has 1 rings (SSSR count). The van der Waals surface area contributed by atoms with Gasteiger partial charge in [-0.05, 0) is 41.1 Å². The van der Waals surface area contributed by atoms with Gasteiger partial charge in [0.15, 0.2) is 6.61 Å². The largest absolute Gasteiger partial charge is 0.483 e. The summed E-state index contributed by atoms with van der Waals surface area (Å²) in [6, 6.07) is 3.57. The van der Waals surface area contributed by atoms with Crippen molar-refractivity contribution >= 4 is 33.8 Å². The van der Waals surface area contributed by atoms with E-state index in [0.29, 0.717) is 11.0 Å². The van der Waals surface area contributed by atoms with Crippen LogP contribution in [0.15, 0.2) is 22.7 Å². The first-order chi connectivity index (χ1) is 9.43. The van der Waals surface area contributed by atoms with Gasteiger partial charge in [-0.1, -0.05) is 0 Å². The van der Waals surface area contributed by atoms with Gasteiger partial charge < -0.3 is 15.2 Å². The summed E-state index contributed by atoms with van der Waals surface area (Å²) in [5.74, 6) is -1.53.